The molecule has 0 saturated carbocycles. The van der Waals surface area contributed by atoms with Gasteiger partial charge in [0.25, 0.3) is 0 Å². The van der Waals surface area contributed by atoms with E-state index >= 15 is 0 Å². The van der Waals surface area contributed by atoms with Gasteiger partial charge >= 0.3 is 0 Å². The summed E-state index contributed by atoms with van der Waals surface area (Å²) in [6.45, 7) is 3.72. The second kappa shape index (κ2) is 7.77. The van der Waals surface area contributed by atoms with Crippen LogP contribution in [0.15, 0.2) is 42.5 Å². The summed E-state index contributed by atoms with van der Waals surface area (Å²) in [5.74, 6) is 0. The third kappa shape index (κ3) is 4.23. The summed E-state index contributed by atoms with van der Waals surface area (Å²) >= 11 is 0. The summed E-state index contributed by atoms with van der Waals surface area (Å²) in [5.41, 5.74) is 1.09. The maximum atomic E-state index is 5.40. The van der Waals surface area contributed by atoms with Gasteiger partial charge in [-0.15, -0.1) is 0 Å². The SMILES string of the molecule is CCCCOCOCNc1cccc2ccccc12. The molecule has 0 aliphatic carbocycles. The molecule has 2 aromatic carbocycles. The zero-order valence-corrected chi connectivity index (χ0v) is 11.4. The zero-order valence-electron chi connectivity index (χ0n) is 11.4. The van der Waals surface area contributed by atoms with Crippen LogP contribution in [0.25, 0.3) is 10.8 Å². The number of fused-ring (bicyclic) bond motifs is 1. The second-order valence-corrected chi connectivity index (χ2v) is 4.43. The first-order valence-corrected chi connectivity index (χ1v) is 6.79. The maximum absolute atomic E-state index is 5.40. The Morgan fingerprint density at radius 2 is 1.84 bits per heavy atom. The van der Waals surface area contributed by atoms with E-state index in [1.165, 1.54) is 10.8 Å². The molecule has 102 valence electrons. The standard InChI is InChI=1S/C16H21NO2/c1-2-3-11-18-13-19-12-17-16-10-6-8-14-7-4-5-9-15(14)16/h4-10,17H,2-3,11-13H2,1H3. The van der Waals surface area contributed by atoms with Gasteiger partial charge in [0.1, 0.15) is 13.5 Å². The number of nitrogens with one attached hydrogen (secondary N) is 1. The third-order valence-electron chi connectivity index (χ3n) is 2.96. The minimum atomic E-state index is 0.345. The summed E-state index contributed by atoms with van der Waals surface area (Å²) in [5, 5.41) is 5.71. The highest BCUT2D eigenvalue weighted by molar-refractivity contribution is 5.93. The molecule has 19 heavy (non-hydrogen) atoms. The summed E-state index contributed by atoms with van der Waals surface area (Å²) in [6.07, 6.45) is 2.23. The molecular weight excluding hydrogens is 238 g/mol. The highest BCUT2D eigenvalue weighted by Gasteiger charge is 1.98. The molecule has 0 atom stereocenters. The minimum absolute atomic E-state index is 0.345. The van der Waals surface area contributed by atoms with E-state index in [1.807, 2.05) is 18.2 Å². The van der Waals surface area contributed by atoms with Crippen LogP contribution in [0.2, 0.25) is 0 Å². The first-order valence-electron chi connectivity index (χ1n) is 6.79. The van der Waals surface area contributed by atoms with Gasteiger partial charge in [0.15, 0.2) is 0 Å². The highest BCUT2D eigenvalue weighted by atomic mass is 16.7. The zero-order chi connectivity index (χ0) is 13.3. The van der Waals surface area contributed by atoms with Crippen molar-refractivity contribution in [3.05, 3.63) is 42.5 Å². The van der Waals surface area contributed by atoms with E-state index in [-0.39, 0.29) is 0 Å². The lowest BCUT2D eigenvalue weighted by molar-refractivity contribution is -0.0481. The van der Waals surface area contributed by atoms with Crippen molar-refractivity contribution < 1.29 is 9.47 Å². The van der Waals surface area contributed by atoms with Crippen molar-refractivity contribution in [3.8, 4) is 0 Å². The number of benzene rings is 2. The Hall–Kier alpha value is -1.58. The van der Waals surface area contributed by atoms with Gasteiger partial charge in [-0.1, -0.05) is 49.7 Å². The van der Waals surface area contributed by atoms with Gasteiger partial charge in [0, 0.05) is 17.7 Å². The van der Waals surface area contributed by atoms with Crippen molar-refractivity contribution in [1.29, 1.82) is 0 Å². The number of hydrogen-bond acceptors (Lipinski definition) is 3. The molecule has 3 heteroatoms. The third-order valence-corrected chi connectivity index (χ3v) is 2.96. The van der Waals surface area contributed by atoms with Gasteiger partial charge in [-0.3, -0.25) is 0 Å². The van der Waals surface area contributed by atoms with Crippen molar-refractivity contribution in [2.75, 3.05) is 25.4 Å². The van der Waals surface area contributed by atoms with Crippen molar-refractivity contribution >= 4 is 16.5 Å². The van der Waals surface area contributed by atoms with Gasteiger partial charge in [0.2, 0.25) is 0 Å². The fraction of sp³-hybridized carbons (Fsp3) is 0.375. The topological polar surface area (TPSA) is 30.5 Å². The molecule has 0 heterocycles. The Kier molecular flexibility index (Phi) is 5.66. The Bertz CT molecular complexity index is 494. The Balaban J connectivity index is 1.78. The summed E-state index contributed by atoms with van der Waals surface area (Å²) in [6, 6.07) is 14.5. The fourth-order valence-electron chi connectivity index (χ4n) is 1.91. The normalized spacial score (nSPS) is 10.8. The largest absolute Gasteiger partial charge is 0.362 e. The molecule has 2 rings (SSSR count). The summed E-state index contributed by atoms with van der Waals surface area (Å²) < 4.78 is 10.7. The van der Waals surface area contributed by atoms with E-state index in [0.717, 1.165) is 25.1 Å². The van der Waals surface area contributed by atoms with Crippen LogP contribution in [-0.2, 0) is 9.47 Å². The molecule has 0 aromatic heterocycles. The number of anilines is 1. The molecule has 1 N–H and O–H groups in total. The first-order chi connectivity index (χ1) is 9.42. The smallest absolute Gasteiger partial charge is 0.149 e. The molecular formula is C16H21NO2. The minimum Gasteiger partial charge on any atom is -0.362 e. The molecule has 0 unspecified atom stereocenters. The number of unbranched alkanes of at least 4 members (excludes halogenated alkanes) is 1. The average molecular weight is 259 g/mol. The van der Waals surface area contributed by atoms with Gasteiger partial charge < -0.3 is 14.8 Å². The molecule has 0 bridgehead atoms. The Morgan fingerprint density at radius 3 is 2.74 bits per heavy atom. The molecule has 0 aliphatic rings. The molecule has 0 spiro atoms. The van der Waals surface area contributed by atoms with E-state index in [9.17, 15) is 0 Å². The molecule has 0 amide bonds. The van der Waals surface area contributed by atoms with Crippen LogP contribution < -0.4 is 5.32 Å². The van der Waals surface area contributed by atoms with E-state index in [0.29, 0.717) is 13.5 Å². The van der Waals surface area contributed by atoms with E-state index in [4.69, 9.17) is 9.47 Å². The van der Waals surface area contributed by atoms with Crippen LogP contribution in [0.3, 0.4) is 0 Å². The van der Waals surface area contributed by atoms with Gasteiger partial charge in [-0.25, -0.2) is 0 Å². The number of rotatable bonds is 8. The van der Waals surface area contributed by atoms with Crippen molar-refractivity contribution in [2.45, 2.75) is 19.8 Å². The highest BCUT2D eigenvalue weighted by Crippen LogP contribution is 2.22. The van der Waals surface area contributed by atoms with Crippen LogP contribution in [-0.4, -0.2) is 20.1 Å². The fourth-order valence-corrected chi connectivity index (χ4v) is 1.91. The molecule has 0 aliphatic heterocycles. The van der Waals surface area contributed by atoms with Crippen LogP contribution in [0.4, 0.5) is 5.69 Å². The van der Waals surface area contributed by atoms with E-state index in [1.54, 1.807) is 0 Å². The lowest BCUT2D eigenvalue weighted by Crippen LogP contribution is -2.09. The van der Waals surface area contributed by atoms with Crippen molar-refractivity contribution in [3.63, 3.8) is 0 Å². The Labute approximate surface area is 114 Å². The van der Waals surface area contributed by atoms with Gasteiger partial charge in [0.05, 0.1) is 0 Å². The average Bonchev–Trinajstić information content (AvgIpc) is 2.46. The molecule has 3 nitrogen and oxygen atoms in total. The van der Waals surface area contributed by atoms with Crippen LogP contribution in [0.5, 0.6) is 0 Å². The van der Waals surface area contributed by atoms with Crippen molar-refractivity contribution in [1.82, 2.24) is 0 Å². The lowest BCUT2D eigenvalue weighted by atomic mass is 10.1. The second-order valence-electron chi connectivity index (χ2n) is 4.43. The van der Waals surface area contributed by atoms with Crippen LogP contribution in [0.1, 0.15) is 19.8 Å². The number of ether oxygens (including phenoxy) is 2. The lowest BCUT2D eigenvalue weighted by Gasteiger charge is -2.10. The maximum Gasteiger partial charge on any atom is 0.149 e. The quantitative estimate of drug-likeness (QED) is 0.574. The predicted molar refractivity (Wildman–Crippen MR) is 79.2 cm³/mol. The molecule has 2 aromatic rings. The molecule has 0 radical (unpaired) electrons. The first kappa shape index (κ1) is 13.8. The Morgan fingerprint density at radius 1 is 1.00 bits per heavy atom. The van der Waals surface area contributed by atoms with Crippen LogP contribution in [0, 0.1) is 0 Å². The molecule has 0 saturated heterocycles. The van der Waals surface area contributed by atoms with E-state index < -0.39 is 0 Å². The van der Waals surface area contributed by atoms with Crippen molar-refractivity contribution in [2.24, 2.45) is 0 Å². The summed E-state index contributed by atoms with van der Waals surface area (Å²) in [7, 11) is 0. The molecule has 0 fully saturated rings. The number of hydrogen-bond donors (Lipinski definition) is 1. The van der Waals surface area contributed by atoms with Gasteiger partial charge in [-0.2, -0.15) is 0 Å². The van der Waals surface area contributed by atoms with E-state index in [2.05, 4.69) is 36.5 Å². The summed E-state index contributed by atoms with van der Waals surface area (Å²) in [4.78, 5) is 0. The monoisotopic (exact) mass is 259 g/mol. The van der Waals surface area contributed by atoms with Gasteiger partial charge in [-0.05, 0) is 17.9 Å². The predicted octanol–water partition coefficient (Wildman–Crippen LogP) is 4.00. The van der Waals surface area contributed by atoms with Crippen LogP contribution >= 0.6 is 0 Å².